The van der Waals surface area contributed by atoms with Crippen LogP contribution in [-0.4, -0.2) is 29.3 Å². The van der Waals surface area contributed by atoms with E-state index < -0.39 is 8.56 Å². The fourth-order valence-corrected chi connectivity index (χ4v) is 5.15. The highest BCUT2D eigenvalue weighted by Gasteiger charge is 2.40. The Hall–Kier alpha value is 0.0569. The van der Waals surface area contributed by atoms with Crippen molar-refractivity contribution in [2.24, 2.45) is 5.73 Å². The van der Waals surface area contributed by atoms with Crippen molar-refractivity contribution in [2.45, 2.75) is 38.3 Å². The van der Waals surface area contributed by atoms with Crippen molar-refractivity contribution >= 4 is 8.56 Å². The molecule has 0 aliphatic heterocycles. The van der Waals surface area contributed by atoms with Crippen LogP contribution in [0.15, 0.2) is 0 Å². The first-order chi connectivity index (χ1) is 6.20. The minimum atomic E-state index is -1.95. The van der Waals surface area contributed by atoms with Crippen LogP contribution in [0.25, 0.3) is 0 Å². The van der Waals surface area contributed by atoms with Gasteiger partial charge in [0.2, 0.25) is 0 Å². The fourth-order valence-electron chi connectivity index (χ4n) is 1.93. The molecule has 88 valence electrons. The summed E-state index contributed by atoms with van der Waals surface area (Å²) in [6.45, 7) is 5.04. The lowest BCUT2D eigenvalue weighted by Gasteiger charge is -2.33. The predicted octanol–water partition coefficient (Wildman–Crippen LogP) is 2.03. The highest BCUT2D eigenvalue weighted by Crippen LogP contribution is 2.32. The zero-order chi connectivity index (χ0) is 10.3. The molecule has 0 rings (SSSR count). The van der Waals surface area contributed by atoms with Crippen molar-refractivity contribution in [3.63, 3.8) is 0 Å². The molecule has 0 saturated heterocycles. The maximum Gasteiger partial charge on any atom is 0.340 e. The van der Waals surface area contributed by atoms with Crippen LogP contribution in [0.4, 0.5) is 0 Å². The van der Waals surface area contributed by atoms with E-state index in [4.69, 9.17) is 14.6 Å². The topological polar surface area (TPSA) is 79.5 Å². The molecule has 0 bridgehead atoms. The predicted molar refractivity (Wildman–Crippen MR) is 63.0 cm³/mol. The van der Waals surface area contributed by atoms with Gasteiger partial charge in [-0.2, -0.15) is 0 Å². The Bertz CT molecular complexity index is 124. The molecule has 14 heavy (non-hydrogen) atoms. The second-order valence-electron chi connectivity index (χ2n) is 3.26. The number of rotatable bonds is 7. The second kappa shape index (κ2) is 8.37. The zero-order valence-electron chi connectivity index (χ0n) is 10.0. The van der Waals surface area contributed by atoms with Gasteiger partial charge in [-0.25, -0.2) is 0 Å². The maximum atomic E-state index is 5.60. The summed E-state index contributed by atoms with van der Waals surface area (Å²) in [5, 5.41) is 0. The standard InChI is InChI=1S/C9H23NO2Si.H3N/c1-5-9(7-8-10)13(6-2,11-3)12-4;/h9H,5-8,10H2,1-4H3;1H3. The minimum Gasteiger partial charge on any atom is -0.397 e. The van der Waals surface area contributed by atoms with Gasteiger partial charge in [0.1, 0.15) is 0 Å². The molecule has 0 radical (unpaired) electrons. The molecule has 0 saturated carbocycles. The van der Waals surface area contributed by atoms with E-state index in [2.05, 4.69) is 13.8 Å². The van der Waals surface area contributed by atoms with E-state index in [0.717, 1.165) is 25.4 Å². The first-order valence-electron chi connectivity index (χ1n) is 5.01. The smallest absolute Gasteiger partial charge is 0.340 e. The summed E-state index contributed by atoms with van der Waals surface area (Å²) in [6.07, 6.45) is 2.11. The molecule has 0 aromatic heterocycles. The Labute approximate surface area is 89.0 Å². The van der Waals surface area contributed by atoms with Gasteiger partial charge in [-0.05, 0) is 19.0 Å². The van der Waals surface area contributed by atoms with E-state index >= 15 is 0 Å². The van der Waals surface area contributed by atoms with Crippen molar-refractivity contribution in [3.05, 3.63) is 0 Å². The van der Waals surface area contributed by atoms with Crippen LogP contribution in [0.2, 0.25) is 11.6 Å². The molecule has 1 unspecified atom stereocenters. The highest BCUT2D eigenvalue weighted by molar-refractivity contribution is 6.68. The number of hydrogen-bond acceptors (Lipinski definition) is 4. The average Bonchev–Trinajstić information content (AvgIpc) is 2.19. The molecule has 4 nitrogen and oxygen atoms in total. The van der Waals surface area contributed by atoms with Gasteiger partial charge < -0.3 is 20.7 Å². The van der Waals surface area contributed by atoms with E-state index in [9.17, 15) is 0 Å². The van der Waals surface area contributed by atoms with E-state index in [1.54, 1.807) is 14.2 Å². The van der Waals surface area contributed by atoms with Gasteiger partial charge in [-0.1, -0.05) is 20.3 Å². The zero-order valence-corrected chi connectivity index (χ0v) is 11.0. The van der Waals surface area contributed by atoms with Crippen LogP contribution in [0.1, 0.15) is 26.7 Å². The molecule has 0 spiro atoms. The van der Waals surface area contributed by atoms with Crippen molar-refractivity contribution < 1.29 is 8.85 Å². The summed E-state index contributed by atoms with van der Waals surface area (Å²) in [4.78, 5) is 0. The Morgan fingerprint density at radius 2 is 1.71 bits per heavy atom. The summed E-state index contributed by atoms with van der Waals surface area (Å²) in [5.74, 6) is 0. The third-order valence-corrected chi connectivity index (χ3v) is 7.12. The lowest BCUT2D eigenvalue weighted by atomic mass is 10.2. The Balaban J connectivity index is 0. The molecule has 0 aromatic rings. The monoisotopic (exact) mass is 222 g/mol. The quantitative estimate of drug-likeness (QED) is 0.646. The molecular weight excluding hydrogens is 196 g/mol. The third-order valence-electron chi connectivity index (χ3n) is 2.81. The van der Waals surface area contributed by atoms with Gasteiger partial charge in [0.25, 0.3) is 0 Å². The molecule has 0 amide bonds. The van der Waals surface area contributed by atoms with Crippen LogP contribution in [0.3, 0.4) is 0 Å². The normalized spacial score (nSPS) is 13.5. The van der Waals surface area contributed by atoms with Crippen molar-refractivity contribution in [3.8, 4) is 0 Å². The van der Waals surface area contributed by atoms with Crippen molar-refractivity contribution in [1.29, 1.82) is 0 Å². The minimum absolute atomic E-state index is 0. The largest absolute Gasteiger partial charge is 0.397 e. The summed E-state index contributed by atoms with van der Waals surface area (Å²) < 4.78 is 11.2. The number of nitrogens with two attached hydrogens (primary N) is 1. The van der Waals surface area contributed by atoms with Crippen LogP contribution in [0, 0.1) is 0 Å². The molecule has 0 aromatic carbocycles. The Morgan fingerprint density at radius 1 is 1.21 bits per heavy atom. The average molecular weight is 222 g/mol. The van der Waals surface area contributed by atoms with Crippen molar-refractivity contribution in [1.82, 2.24) is 6.15 Å². The van der Waals surface area contributed by atoms with E-state index in [0.29, 0.717) is 5.54 Å². The van der Waals surface area contributed by atoms with Gasteiger partial charge in [0, 0.05) is 19.8 Å². The first-order valence-corrected chi connectivity index (χ1v) is 7.11. The SMILES string of the molecule is CCC(CCN)[Si](CC)(OC)OC.N. The van der Waals surface area contributed by atoms with Gasteiger partial charge in [0.15, 0.2) is 0 Å². The summed E-state index contributed by atoms with van der Waals surface area (Å²) in [7, 11) is 1.58. The van der Waals surface area contributed by atoms with Crippen LogP contribution >= 0.6 is 0 Å². The molecule has 0 aliphatic rings. The van der Waals surface area contributed by atoms with E-state index in [1.807, 2.05) is 0 Å². The molecule has 5 heteroatoms. The maximum absolute atomic E-state index is 5.60. The van der Waals surface area contributed by atoms with Gasteiger partial charge in [-0.15, -0.1) is 0 Å². The van der Waals surface area contributed by atoms with Crippen LogP contribution in [0.5, 0.6) is 0 Å². The summed E-state index contributed by atoms with van der Waals surface area (Å²) in [6, 6.07) is 0.999. The first kappa shape index (κ1) is 16.5. The summed E-state index contributed by atoms with van der Waals surface area (Å²) >= 11 is 0. The Kier molecular flexibility index (Phi) is 9.86. The van der Waals surface area contributed by atoms with Gasteiger partial charge in [0.05, 0.1) is 0 Å². The Morgan fingerprint density at radius 3 is 1.93 bits per heavy atom. The molecular formula is C9H26N2O2Si. The summed E-state index contributed by atoms with van der Waals surface area (Å²) in [5.41, 5.74) is 6.10. The van der Waals surface area contributed by atoms with E-state index in [-0.39, 0.29) is 6.15 Å². The molecule has 1 atom stereocenters. The fraction of sp³-hybridized carbons (Fsp3) is 1.00. The van der Waals surface area contributed by atoms with Gasteiger partial charge in [-0.3, -0.25) is 0 Å². The van der Waals surface area contributed by atoms with E-state index in [1.165, 1.54) is 0 Å². The molecule has 5 N–H and O–H groups in total. The highest BCUT2D eigenvalue weighted by atomic mass is 28.4. The molecule has 0 aliphatic carbocycles. The second-order valence-corrected chi connectivity index (χ2v) is 7.22. The van der Waals surface area contributed by atoms with Crippen LogP contribution in [-0.2, 0) is 8.85 Å². The molecule has 0 fully saturated rings. The third kappa shape index (κ3) is 3.66. The van der Waals surface area contributed by atoms with Crippen LogP contribution < -0.4 is 11.9 Å². The number of hydrogen-bond donors (Lipinski definition) is 2. The van der Waals surface area contributed by atoms with Gasteiger partial charge >= 0.3 is 8.56 Å². The molecule has 0 heterocycles. The van der Waals surface area contributed by atoms with Crippen molar-refractivity contribution in [2.75, 3.05) is 20.8 Å². The lowest BCUT2D eigenvalue weighted by molar-refractivity contribution is 0.226. The lowest BCUT2D eigenvalue weighted by Crippen LogP contribution is -2.45.